The Morgan fingerprint density at radius 1 is 1.00 bits per heavy atom. The molecule has 3 rings (SSSR count). The van der Waals surface area contributed by atoms with E-state index in [1.54, 1.807) is 19.9 Å². The Hall–Kier alpha value is -3.10. The molecule has 0 atom stereocenters. The molecular weight excluding hydrogens is 426 g/mol. The lowest BCUT2D eigenvalue weighted by molar-refractivity contribution is -0.115. The van der Waals surface area contributed by atoms with Crippen molar-refractivity contribution in [2.24, 2.45) is 0 Å². The quantitative estimate of drug-likeness (QED) is 0.499. The van der Waals surface area contributed by atoms with Crippen LogP contribution >= 0.6 is 0 Å². The van der Waals surface area contributed by atoms with E-state index in [4.69, 9.17) is 4.74 Å². The molecule has 0 aliphatic rings. The van der Waals surface area contributed by atoms with Gasteiger partial charge >= 0.3 is 0 Å². The maximum atomic E-state index is 12.9. The van der Waals surface area contributed by atoms with Gasteiger partial charge in [-0.15, -0.1) is 0 Å². The topological polar surface area (TPSA) is 80.6 Å². The minimum absolute atomic E-state index is 0.121. The number of ether oxygens (including phenoxy) is 1. The average Bonchev–Trinajstić information content (AvgIpc) is 3.31. The first-order valence-corrected chi connectivity index (χ1v) is 12.1. The maximum Gasteiger partial charge on any atom is 0.243 e. The van der Waals surface area contributed by atoms with Gasteiger partial charge in [0.1, 0.15) is 5.75 Å². The minimum Gasteiger partial charge on any atom is -0.492 e. The summed E-state index contributed by atoms with van der Waals surface area (Å²) in [6, 6.07) is 16.2. The van der Waals surface area contributed by atoms with Crippen molar-refractivity contribution in [2.45, 2.75) is 32.1 Å². The van der Waals surface area contributed by atoms with Crippen molar-refractivity contribution in [1.82, 2.24) is 8.87 Å². The molecule has 1 N–H and O–H groups in total. The summed E-state index contributed by atoms with van der Waals surface area (Å²) in [5.41, 5.74) is 2.20. The van der Waals surface area contributed by atoms with E-state index in [0.717, 1.165) is 11.3 Å². The summed E-state index contributed by atoms with van der Waals surface area (Å²) in [5.74, 6) is 0.180. The normalized spacial score (nSPS) is 11.5. The number of amides is 1. The smallest absolute Gasteiger partial charge is 0.243 e. The Morgan fingerprint density at radius 2 is 1.66 bits per heavy atom. The van der Waals surface area contributed by atoms with Crippen molar-refractivity contribution in [2.75, 3.05) is 25.0 Å². The van der Waals surface area contributed by atoms with Crippen molar-refractivity contribution < 1.29 is 17.9 Å². The third kappa shape index (κ3) is 5.38. The van der Waals surface area contributed by atoms with Crippen LogP contribution in [0.4, 0.5) is 5.69 Å². The lowest BCUT2D eigenvalue weighted by Crippen LogP contribution is -2.30. The van der Waals surface area contributed by atoms with E-state index in [1.165, 1.54) is 16.4 Å². The number of nitrogens with zero attached hydrogens (tertiary/aromatic N) is 2. The maximum absolute atomic E-state index is 12.9. The molecule has 0 aliphatic heterocycles. The van der Waals surface area contributed by atoms with Crippen molar-refractivity contribution in [3.8, 4) is 11.4 Å². The van der Waals surface area contributed by atoms with Crippen molar-refractivity contribution in [1.29, 1.82) is 0 Å². The third-order valence-corrected chi connectivity index (χ3v) is 7.12. The number of sulfonamides is 1. The molecule has 0 saturated carbocycles. The summed E-state index contributed by atoms with van der Waals surface area (Å²) in [4.78, 5) is 12.8. The van der Waals surface area contributed by atoms with Crippen LogP contribution in [0, 0.1) is 0 Å². The molecule has 2 aromatic carbocycles. The highest BCUT2D eigenvalue weighted by atomic mass is 32.2. The monoisotopic (exact) mass is 455 g/mol. The number of hydrogen-bond donors (Lipinski definition) is 1. The number of carbonyl (C=O) groups excluding carboxylic acids is 1. The largest absolute Gasteiger partial charge is 0.492 e. The predicted molar refractivity (Wildman–Crippen MR) is 126 cm³/mol. The second-order valence-corrected chi connectivity index (χ2v) is 9.10. The molecule has 0 unspecified atom stereocenters. The first kappa shape index (κ1) is 23.6. The van der Waals surface area contributed by atoms with Gasteiger partial charge in [-0.1, -0.05) is 26.0 Å². The highest BCUT2D eigenvalue weighted by molar-refractivity contribution is 7.89. The van der Waals surface area contributed by atoms with Crippen molar-refractivity contribution >= 4 is 21.6 Å². The summed E-state index contributed by atoms with van der Waals surface area (Å²) in [7, 11) is -3.65. The summed E-state index contributed by atoms with van der Waals surface area (Å²) in [6.07, 6.45) is 4.07. The highest BCUT2D eigenvalue weighted by Gasteiger charge is 2.23. The predicted octanol–water partition coefficient (Wildman–Crippen LogP) is 4.09. The van der Waals surface area contributed by atoms with Gasteiger partial charge in [0.25, 0.3) is 0 Å². The van der Waals surface area contributed by atoms with E-state index in [9.17, 15) is 13.2 Å². The molecule has 170 valence electrons. The van der Waals surface area contributed by atoms with E-state index in [2.05, 4.69) is 5.32 Å². The Balaban J connectivity index is 1.79. The van der Waals surface area contributed by atoms with Gasteiger partial charge in [-0.2, -0.15) is 4.31 Å². The molecular formula is C24H29N3O4S. The van der Waals surface area contributed by atoms with Crippen LogP contribution in [0.5, 0.6) is 5.75 Å². The molecule has 1 aromatic heterocycles. The highest BCUT2D eigenvalue weighted by Crippen LogP contribution is 2.29. The molecule has 3 aromatic rings. The van der Waals surface area contributed by atoms with Crippen molar-refractivity contribution in [3.63, 3.8) is 0 Å². The molecule has 0 bridgehead atoms. The molecule has 0 spiro atoms. The van der Waals surface area contributed by atoms with Crippen LogP contribution in [0.2, 0.25) is 0 Å². The van der Waals surface area contributed by atoms with Crippen LogP contribution in [-0.2, 0) is 21.2 Å². The lowest BCUT2D eigenvalue weighted by atomic mass is 10.1. The van der Waals surface area contributed by atoms with Gasteiger partial charge in [-0.25, -0.2) is 8.42 Å². The van der Waals surface area contributed by atoms with Gasteiger partial charge in [-0.05, 0) is 55.0 Å². The number of aromatic nitrogens is 1. The Bertz CT molecular complexity index is 1140. The van der Waals surface area contributed by atoms with Gasteiger partial charge in [0, 0.05) is 31.2 Å². The molecule has 0 fully saturated rings. The average molecular weight is 456 g/mol. The van der Waals surface area contributed by atoms with Gasteiger partial charge in [0.2, 0.25) is 15.9 Å². The Labute approximate surface area is 189 Å². The molecule has 0 radical (unpaired) electrons. The summed E-state index contributed by atoms with van der Waals surface area (Å²) in [6.45, 7) is 6.55. The van der Waals surface area contributed by atoms with E-state index in [-0.39, 0.29) is 17.2 Å². The summed E-state index contributed by atoms with van der Waals surface area (Å²) in [5, 5.41) is 2.82. The summed E-state index contributed by atoms with van der Waals surface area (Å²) >= 11 is 0. The van der Waals surface area contributed by atoms with E-state index in [0.29, 0.717) is 31.1 Å². The van der Waals surface area contributed by atoms with E-state index in [1.807, 2.05) is 60.3 Å². The Kier molecular flexibility index (Phi) is 7.71. The van der Waals surface area contributed by atoms with Gasteiger partial charge in [0.05, 0.1) is 23.6 Å². The fraction of sp³-hybridized carbons (Fsp3) is 0.292. The molecule has 0 aliphatic carbocycles. The molecule has 32 heavy (non-hydrogen) atoms. The van der Waals surface area contributed by atoms with E-state index >= 15 is 0 Å². The number of benzene rings is 2. The lowest BCUT2D eigenvalue weighted by Gasteiger charge is -2.20. The number of anilines is 1. The third-order valence-electron chi connectivity index (χ3n) is 5.07. The number of carbonyl (C=O) groups is 1. The standard InChI is InChI=1S/C24H29N3O4S/c1-4-27(5-2)32(29,30)21-13-14-23(31-6-3)22(18-21)25-24(28)17-19-9-11-20(12-10-19)26-15-7-8-16-26/h7-16,18H,4-6,17H2,1-3H3,(H,25,28). The number of nitrogens with one attached hydrogen (secondary N) is 1. The van der Waals surface area contributed by atoms with Crippen LogP contribution in [0.3, 0.4) is 0 Å². The second kappa shape index (κ2) is 10.5. The minimum atomic E-state index is -3.65. The van der Waals surface area contributed by atoms with Gasteiger partial charge < -0.3 is 14.6 Å². The van der Waals surface area contributed by atoms with Crippen molar-refractivity contribution in [3.05, 3.63) is 72.6 Å². The van der Waals surface area contributed by atoms with Crippen LogP contribution in [-0.4, -0.2) is 42.9 Å². The first-order valence-electron chi connectivity index (χ1n) is 10.7. The van der Waals surface area contributed by atoms with E-state index < -0.39 is 10.0 Å². The fourth-order valence-corrected chi connectivity index (χ4v) is 4.92. The van der Waals surface area contributed by atoms with Gasteiger partial charge in [-0.3, -0.25) is 4.79 Å². The molecule has 0 saturated heterocycles. The van der Waals surface area contributed by atoms with Crippen LogP contribution < -0.4 is 10.1 Å². The Morgan fingerprint density at radius 3 is 2.25 bits per heavy atom. The zero-order valence-corrected chi connectivity index (χ0v) is 19.4. The van der Waals surface area contributed by atoms with Crippen LogP contribution in [0.1, 0.15) is 26.3 Å². The zero-order chi connectivity index (χ0) is 23.1. The second-order valence-electron chi connectivity index (χ2n) is 7.16. The zero-order valence-electron chi connectivity index (χ0n) is 18.6. The summed E-state index contributed by atoms with van der Waals surface area (Å²) < 4.78 is 34.7. The SMILES string of the molecule is CCOc1ccc(S(=O)(=O)N(CC)CC)cc1NC(=O)Cc1ccc(-n2cccc2)cc1. The molecule has 8 heteroatoms. The molecule has 7 nitrogen and oxygen atoms in total. The first-order chi connectivity index (χ1) is 15.4. The molecule has 1 amide bonds. The van der Waals surface area contributed by atoms with Crippen LogP contribution in [0.25, 0.3) is 5.69 Å². The van der Waals surface area contributed by atoms with Gasteiger partial charge in [0.15, 0.2) is 0 Å². The fourth-order valence-electron chi connectivity index (χ4n) is 3.43. The number of hydrogen-bond acceptors (Lipinski definition) is 4. The van der Waals surface area contributed by atoms with Crippen LogP contribution in [0.15, 0.2) is 71.9 Å². The molecule has 1 heterocycles. The number of rotatable bonds is 10.